The number of benzene rings is 1. The van der Waals surface area contributed by atoms with Gasteiger partial charge in [0.1, 0.15) is 11.0 Å². The van der Waals surface area contributed by atoms with Crippen LogP contribution in [0, 0.1) is 16.7 Å². The molecule has 0 radical (unpaired) electrons. The van der Waals surface area contributed by atoms with Crippen molar-refractivity contribution >= 4 is 11.0 Å². The lowest BCUT2D eigenvalue weighted by atomic mass is 9.48. The van der Waals surface area contributed by atoms with Crippen molar-refractivity contribution in [3.8, 4) is 0 Å². The third kappa shape index (κ3) is 1.40. The number of H-pyrrole nitrogens is 1. The number of aromatic amines is 1. The molecule has 4 aliphatic carbocycles. The average Bonchev–Trinajstić information content (AvgIpc) is 3.22. The van der Waals surface area contributed by atoms with E-state index in [1.54, 1.807) is 0 Å². The summed E-state index contributed by atoms with van der Waals surface area (Å²) in [6.45, 7) is 2.27. The first kappa shape index (κ1) is 14.7. The number of rotatable bonds is 0. The van der Waals surface area contributed by atoms with Crippen LogP contribution in [0.15, 0.2) is 12.1 Å². The van der Waals surface area contributed by atoms with Crippen LogP contribution < -0.4 is 0 Å². The van der Waals surface area contributed by atoms with E-state index in [0.717, 1.165) is 56.0 Å². The molecule has 2 aromatic rings. The molecule has 6 atom stereocenters. The number of nitrogens with one attached hydrogen (secondary N) is 1. The largest absolute Gasteiger partial charge is 0.390 e. The van der Waals surface area contributed by atoms with Crippen molar-refractivity contribution in [1.29, 1.82) is 0 Å². The summed E-state index contributed by atoms with van der Waals surface area (Å²) in [7, 11) is 0. The molecule has 0 aliphatic heterocycles. The van der Waals surface area contributed by atoms with E-state index in [2.05, 4.69) is 34.5 Å². The third-order valence-corrected chi connectivity index (χ3v) is 9.00. The van der Waals surface area contributed by atoms with Crippen LogP contribution in [0.5, 0.6) is 0 Å². The number of nitrogens with zero attached hydrogens (tertiary/aromatic N) is 2. The molecular weight excluding hydrogens is 314 g/mol. The zero-order valence-electron chi connectivity index (χ0n) is 14.6. The summed E-state index contributed by atoms with van der Waals surface area (Å²) in [5, 5.41) is 33.4. The molecule has 1 aromatic carbocycles. The van der Waals surface area contributed by atoms with Gasteiger partial charge >= 0.3 is 0 Å². The van der Waals surface area contributed by atoms with Crippen molar-refractivity contribution in [2.24, 2.45) is 16.7 Å². The highest BCUT2D eigenvalue weighted by Crippen LogP contribution is 2.77. The maximum absolute atomic E-state index is 11.3. The Morgan fingerprint density at radius 1 is 1.16 bits per heavy atom. The predicted octanol–water partition coefficient (Wildman–Crippen LogP) is 2.68. The van der Waals surface area contributed by atoms with Gasteiger partial charge in [-0.05, 0) is 79.4 Å². The first-order valence-corrected chi connectivity index (χ1v) is 9.73. The van der Waals surface area contributed by atoms with Gasteiger partial charge in [0.15, 0.2) is 0 Å². The molecule has 4 aliphatic rings. The second-order valence-electron chi connectivity index (χ2n) is 9.25. The van der Waals surface area contributed by atoms with Gasteiger partial charge in [-0.1, -0.05) is 13.0 Å². The Balaban J connectivity index is 1.51. The van der Waals surface area contributed by atoms with E-state index in [1.807, 2.05) is 0 Å². The van der Waals surface area contributed by atoms with Crippen molar-refractivity contribution in [2.75, 3.05) is 0 Å². The zero-order valence-corrected chi connectivity index (χ0v) is 14.6. The van der Waals surface area contributed by atoms with Crippen LogP contribution in [0.3, 0.4) is 0 Å². The van der Waals surface area contributed by atoms with Crippen LogP contribution >= 0.6 is 0 Å². The number of aliphatic hydroxyl groups is 2. The van der Waals surface area contributed by atoms with E-state index in [1.165, 1.54) is 11.1 Å². The second-order valence-corrected chi connectivity index (χ2v) is 9.25. The molecule has 3 saturated carbocycles. The van der Waals surface area contributed by atoms with Gasteiger partial charge in [-0.3, -0.25) is 0 Å². The molecule has 2 bridgehead atoms. The molecule has 0 amide bonds. The molecule has 1 aromatic heterocycles. The summed E-state index contributed by atoms with van der Waals surface area (Å²) < 4.78 is 0. The molecule has 5 heteroatoms. The van der Waals surface area contributed by atoms with Gasteiger partial charge < -0.3 is 10.2 Å². The van der Waals surface area contributed by atoms with Gasteiger partial charge in [0.25, 0.3) is 0 Å². The number of hydrogen-bond acceptors (Lipinski definition) is 4. The average molecular weight is 339 g/mol. The molecule has 3 N–H and O–H groups in total. The molecule has 1 heterocycles. The summed E-state index contributed by atoms with van der Waals surface area (Å²) in [5.41, 5.74) is 3.93. The van der Waals surface area contributed by atoms with Gasteiger partial charge in [-0.25, -0.2) is 0 Å². The Bertz CT molecular complexity index is 894. The van der Waals surface area contributed by atoms with Crippen molar-refractivity contribution in [3.63, 3.8) is 0 Å². The fraction of sp³-hybridized carbons (Fsp3) is 0.700. The monoisotopic (exact) mass is 339 g/mol. The van der Waals surface area contributed by atoms with Crippen molar-refractivity contribution in [3.05, 3.63) is 23.3 Å². The van der Waals surface area contributed by atoms with E-state index >= 15 is 0 Å². The van der Waals surface area contributed by atoms with Gasteiger partial charge in [-0.2, -0.15) is 15.4 Å². The molecule has 25 heavy (non-hydrogen) atoms. The minimum Gasteiger partial charge on any atom is -0.390 e. The van der Waals surface area contributed by atoms with Crippen molar-refractivity contribution < 1.29 is 10.2 Å². The molecule has 5 nitrogen and oxygen atoms in total. The lowest BCUT2D eigenvalue weighted by Gasteiger charge is -2.56. The topological polar surface area (TPSA) is 82.0 Å². The van der Waals surface area contributed by atoms with E-state index in [4.69, 9.17) is 0 Å². The van der Waals surface area contributed by atoms with Crippen LogP contribution in [0.2, 0.25) is 0 Å². The summed E-state index contributed by atoms with van der Waals surface area (Å²) in [4.78, 5) is 0. The highest BCUT2D eigenvalue weighted by atomic mass is 16.3. The highest BCUT2D eigenvalue weighted by Gasteiger charge is 2.76. The summed E-state index contributed by atoms with van der Waals surface area (Å²) in [6, 6.07) is 4.36. The number of aryl methyl sites for hydroxylation is 1. The van der Waals surface area contributed by atoms with Gasteiger partial charge in [-0.15, -0.1) is 0 Å². The minimum atomic E-state index is -0.867. The van der Waals surface area contributed by atoms with E-state index in [9.17, 15) is 10.2 Å². The molecule has 0 saturated heterocycles. The third-order valence-electron chi connectivity index (χ3n) is 9.00. The Morgan fingerprint density at radius 3 is 2.88 bits per heavy atom. The van der Waals surface area contributed by atoms with E-state index in [0.29, 0.717) is 11.8 Å². The maximum atomic E-state index is 11.3. The van der Waals surface area contributed by atoms with Crippen LogP contribution in [-0.2, 0) is 6.42 Å². The fourth-order valence-electron chi connectivity index (χ4n) is 7.76. The minimum absolute atomic E-state index is 0.0978. The highest BCUT2D eigenvalue weighted by molar-refractivity contribution is 5.79. The number of aromatic nitrogens is 3. The number of hydrogen-bond donors (Lipinski definition) is 3. The number of aliphatic hydroxyl groups excluding tert-OH is 1. The molecule has 0 spiro atoms. The Morgan fingerprint density at radius 2 is 2.04 bits per heavy atom. The molecule has 1 unspecified atom stereocenters. The van der Waals surface area contributed by atoms with Crippen LogP contribution in [0.25, 0.3) is 11.0 Å². The fourth-order valence-corrected chi connectivity index (χ4v) is 7.76. The molecule has 3 fully saturated rings. The van der Waals surface area contributed by atoms with Gasteiger partial charge in [0, 0.05) is 5.41 Å². The molecule has 132 valence electrons. The Labute approximate surface area is 146 Å². The number of fused-ring (bicyclic) bond motifs is 5. The summed E-state index contributed by atoms with van der Waals surface area (Å²) in [5.74, 6) is 1.10. The predicted molar refractivity (Wildman–Crippen MR) is 93.0 cm³/mol. The van der Waals surface area contributed by atoms with Crippen LogP contribution in [0.1, 0.15) is 62.5 Å². The van der Waals surface area contributed by atoms with Crippen molar-refractivity contribution in [1.82, 2.24) is 15.4 Å². The normalized spacial score (nSPS) is 47.6. The molecular formula is C20H25N3O2. The Kier molecular flexibility index (Phi) is 2.50. The zero-order chi connectivity index (χ0) is 17.0. The lowest BCUT2D eigenvalue weighted by Crippen LogP contribution is -2.53. The van der Waals surface area contributed by atoms with Crippen LogP contribution in [0.4, 0.5) is 0 Å². The lowest BCUT2D eigenvalue weighted by molar-refractivity contribution is -0.129. The van der Waals surface area contributed by atoms with Gasteiger partial charge in [0.2, 0.25) is 0 Å². The standard InChI is InChI=1S/C20H25N3O2/c1-18-7-6-12-11-3-5-15-17(22-23-21-15)13(11)2-4-14(12)19(18)8-9-20(18,25)16(24)10-19/h3,5,12,14,16,24-25H,2,4,6-10H2,1H3,(H,21,22,23)/t12-,14-,16-,18+,19?,20+/m1/s1. The van der Waals surface area contributed by atoms with Crippen molar-refractivity contribution in [2.45, 2.75) is 69.5 Å². The van der Waals surface area contributed by atoms with Gasteiger partial charge in [0.05, 0.1) is 11.7 Å². The molecule has 6 rings (SSSR count). The first-order valence-electron chi connectivity index (χ1n) is 9.73. The first-order chi connectivity index (χ1) is 12.0. The summed E-state index contributed by atoms with van der Waals surface area (Å²) >= 11 is 0. The quantitative estimate of drug-likeness (QED) is 0.689. The van der Waals surface area contributed by atoms with E-state index < -0.39 is 11.7 Å². The maximum Gasteiger partial charge on any atom is 0.116 e. The van der Waals surface area contributed by atoms with E-state index in [-0.39, 0.29) is 10.8 Å². The SMILES string of the molecule is C[C@]12CC[C@@H]3c4ccc5n[nH]nc5c4CC[C@H]3C13CC[C@]2(O)[C@H](O)C3. The Hall–Kier alpha value is -1.46. The second kappa shape index (κ2) is 4.26. The smallest absolute Gasteiger partial charge is 0.116 e. The van der Waals surface area contributed by atoms with Crippen LogP contribution in [-0.4, -0.2) is 37.3 Å². The summed E-state index contributed by atoms with van der Waals surface area (Å²) in [6.07, 6.45) is 6.36.